The fourth-order valence-electron chi connectivity index (χ4n) is 1.73. The summed E-state index contributed by atoms with van der Waals surface area (Å²) in [5, 5.41) is 2.94. The third-order valence-corrected chi connectivity index (χ3v) is 3.38. The number of ether oxygens (including phenoxy) is 1. The topological polar surface area (TPSA) is 64.3 Å². The van der Waals surface area contributed by atoms with Crippen molar-refractivity contribution >= 4 is 5.91 Å². The summed E-state index contributed by atoms with van der Waals surface area (Å²) in [7, 11) is 0. The van der Waals surface area contributed by atoms with Crippen LogP contribution in [0.3, 0.4) is 0 Å². The number of rotatable bonds is 7. The Morgan fingerprint density at radius 1 is 1.50 bits per heavy atom. The van der Waals surface area contributed by atoms with Crippen LogP contribution in [-0.2, 0) is 9.53 Å². The molecule has 94 valence electrons. The van der Waals surface area contributed by atoms with Gasteiger partial charge in [-0.25, -0.2) is 0 Å². The minimum atomic E-state index is -0.413. The highest BCUT2D eigenvalue weighted by atomic mass is 16.5. The molecule has 1 atom stereocenters. The lowest BCUT2D eigenvalue weighted by Crippen LogP contribution is -2.46. The minimum Gasteiger partial charge on any atom is -0.361 e. The van der Waals surface area contributed by atoms with Crippen molar-refractivity contribution in [1.82, 2.24) is 5.32 Å². The molecule has 1 rings (SSSR count). The molecular formula is C12H24N2O2. The molecule has 0 heterocycles. The van der Waals surface area contributed by atoms with Gasteiger partial charge in [-0.1, -0.05) is 13.8 Å². The van der Waals surface area contributed by atoms with Gasteiger partial charge >= 0.3 is 0 Å². The van der Waals surface area contributed by atoms with Gasteiger partial charge in [-0.3, -0.25) is 4.79 Å². The summed E-state index contributed by atoms with van der Waals surface area (Å²) in [5.41, 5.74) is 5.39. The summed E-state index contributed by atoms with van der Waals surface area (Å²) in [6.45, 7) is 6.35. The molecule has 4 heteroatoms. The number of carbonyl (C=O) groups excluding carboxylic acids is 1. The van der Waals surface area contributed by atoms with Crippen molar-refractivity contribution in [3.05, 3.63) is 0 Å². The Hall–Kier alpha value is -0.610. The molecule has 0 aromatic heterocycles. The quantitative estimate of drug-likeness (QED) is 0.688. The van der Waals surface area contributed by atoms with Crippen molar-refractivity contribution in [2.24, 2.45) is 5.73 Å². The molecule has 1 aliphatic carbocycles. The lowest BCUT2D eigenvalue weighted by Gasteiger charge is -2.33. The number of nitrogens with one attached hydrogen (secondary N) is 1. The number of hydrogen-bond donors (Lipinski definition) is 2. The van der Waals surface area contributed by atoms with E-state index in [0.717, 1.165) is 25.7 Å². The van der Waals surface area contributed by atoms with Crippen molar-refractivity contribution in [3.8, 4) is 0 Å². The molecule has 4 nitrogen and oxygen atoms in total. The van der Waals surface area contributed by atoms with Crippen molar-refractivity contribution in [3.63, 3.8) is 0 Å². The molecule has 0 spiro atoms. The zero-order valence-electron chi connectivity index (χ0n) is 10.6. The smallest absolute Gasteiger partial charge is 0.249 e. The van der Waals surface area contributed by atoms with Crippen LogP contribution in [0, 0.1) is 0 Å². The molecule has 0 bridgehead atoms. The highest BCUT2D eigenvalue weighted by molar-refractivity contribution is 5.80. The molecule has 0 aliphatic heterocycles. The Balaban J connectivity index is 2.45. The number of nitrogens with two attached hydrogens (primary N) is 1. The summed E-state index contributed by atoms with van der Waals surface area (Å²) in [5.74, 6) is -0.0118. The van der Waals surface area contributed by atoms with E-state index in [1.807, 2.05) is 13.8 Å². The second-order valence-electron chi connectivity index (χ2n) is 4.64. The van der Waals surface area contributed by atoms with E-state index < -0.39 is 6.10 Å². The molecule has 1 amide bonds. The number of hydrogen-bond acceptors (Lipinski definition) is 3. The van der Waals surface area contributed by atoms with Crippen molar-refractivity contribution in [2.75, 3.05) is 6.54 Å². The maximum absolute atomic E-state index is 11.7. The third-order valence-electron chi connectivity index (χ3n) is 3.38. The van der Waals surface area contributed by atoms with E-state index in [1.165, 1.54) is 0 Å². The highest BCUT2D eigenvalue weighted by Crippen LogP contribution is 2.22. The zero-order chi connectivity index (χ0) is 12.2. The average Bonchev–Trinajstić information content (AvgIpc) is 3.09. The van der Waals surface area contributed by atoms with Crippen LogP contribution in [0.25, 0.3) is 0 Å². The summed E-state index contributed by atoms with van der Waals surface area (Å²) < 4.78 is 5.84. The third kappa shape index (κ3) is 3.46. The summed E-state index contributed by atoms with van der Waals surface area (Å²) >= 11 is 0. The van der Waals surface area contributed by atoms with E-state index in [2.05, 4.69) is 5.32 Å². The zero-order valence-corrected chi connectivity index (χ0v) is 10.6. The fraction of sp³-hybridized carbons (Fsp3) is 0.917. The SMILES string of the molecule is CCC(CC)(CN)OC(C)C(=O)NC1CC1. The first-order valence-electron chi connectivity index (χ1n) is 6.25. The summed E-state index contributed by atoms with van der Waals surface area (Å²) in [6.07, 6.45) is 3.45. The lowest BCUT2D eigenvalue weighted by molar-refractivity contribution is -0.145. The van der Waals surface area contributed by atoms with Gasteiger partial charge in [0, 0.05) is 12.6 Å². The molecular weight excluding hydrogens is 204 g/mol. The van der Waals surface area contributed by atoms with E-state index in [0.29, 0.717) is 12.6 Å². The maximum Gasteiger partial charge on any atom is 0.249 e. The Morgan fingerprint density at radius 3 is 2.44 bits per heavy atom. The van der Waals surface area contributed by atoms with Gasteiger partial charge in [-0.05, 0) is 32.6 Å². The standard InChI is InChI=1S/C12H24N2O2/c1-4-12(5-2,8-13)16-9(3)11(15)14-10-6-7-10/h9-10H,4-8,13H2,1-3H3,(H,14,15). The van der Waals surface area contributed by atoms with E-state index in [4.69, 9.17) is 10.5 Å². The second-order valence-corrected chi connectivity index (χ2v) is 4.64. The Labute approximate surface area is 97.9 Å². The van der Waals surface area contributed by atoms with E-state index >= 15 is 0 Å². The van der Waals surface area contributed by atoms with Gasteiger partial charge in [0.15, 0.2) is 0 Å². The number of amides is 1. The molecule has 1 aliphatic rings. The second kappa shape index (κ2) is 5.64. The largest absolute Gasteiger partial charge is 0.361 e. The fourth-order valence-corrected chi connectivity index (χ4v) is 1.73. The van der Waals surface area contributed by atoms with Crippen LogP contribution in [0.5, 0.6) is 0 Å². The van der Waals surface area contributed by atoms with Crippen LogP contribution in [-0.4, -0.2) is 30.2 Å². The normalized spacial score (nSPS) is 18.2. The first kappa shape index (κ1) is 13.5. The molecule has 1 saturated carbocycles. The van der Waals surface area contributed by atoms with Gasteiger partial charge in [0.2, 0.25) is 5.91 Å². The van der Waals surface area contributed by atoms with Gasteiger partial charge in [-0.15, -0.1) is 0 Å². The molecule has 0 aromatic carbocycles. The Kier molecular flexibility index (Phi) is 4.74. The molecule has 0 saturated heterocycles. The highest BCUT2D eigenvalue weighted by Gasteiger charge is 2.32. The monoisotopic (exact) mass is 228 g/mol. The van der Waals surface area contributed by atoms with Gasteiger partial charge < -0.3 is 15.8 Å². The average molecular weight is 228 g/mol. The van der Waals surface area contributed by atoms with Gasteiger partial charge in [0.25, 0.3) is 0 Å². The molecule has 0 aromatic rings. The van der Waals surface area contributed by atoms with Crippen LogP contribution in [0.15, 0.2) is 0 Å². The summed E-state index contributed by atoms with van der Waals surface area (Å²) in [6, 6.07) is 0.383. The molecule has 1 unspecified atom stereocenters. The van der Waals surface area contributed by atoms with E-state index in [9.17, 15) is 4.79 Å². The first-order chi connectivity index (χ1) is 7.56. The van der Waals surface area contributed by atoms with Crippen molar-refractivity contribution < 1.29 is 9.53 Å². The molecule has 3 N–H and O–H groups in total. The van der Waals surface area contributed by atoms with E-state index in [-0.39, 0.29) is 11.5 Å². The molecule has 0 radical (unpaired) electrons. The van der Waals surface area contributed by atoms with Crippen molar-refractivity contribution in [1.29, 1.82) is 0 Å². The Bertz CT molecular complexity index is 227. The maximum atomic E-state index is 11.7. The lowest BCUT2D eigenvalue weighted by atomic mass is 9.97. The van der Waals surface area contributed by atoms with Crippen LogP contribution < -0.4 is 11.1 Å². The van der Waals surface area contributed by atoms with Crippen LogP contribution >= 0.6 is 0 Å². The Morgan fingerprint density at radius 2 is 2.06 bits per heavy atom. The van der Waals surface area contributed by atoms with Gasteiger partial charge in [-0.2, -0.15) is 0 Å². The van der Waals surface area contributed by atoms with Crippen LogP contribution in [0.4, 0.5) is 0 Å². The predicted molar refractivity (Wildman–Crippen MR) is 64.1 cm³/mol. The van der Waals surface area contributed by atoms with Gasteiger partial charge in [0.05, 0.1) is 5.60 Å². The van der Waals surface area contributed by atoms with Crippen LogP contribution in [0.2, 0.25) is 0 Å². The molecule has 1 fully saturated rings. The van der Waals surface area contributed by atoms with Crippen molar-refractivity contribution in [2.45, 2.75) is 64.2 Å². The van der Waals surface area contributed by atoms with Crippen LogP contribution in [0.1, 0.15) is 46.5 Å². The van der Waals surface area contributed by atoms with E-state index in [1.54, 1.807) is 6.92 Å². The number of carbonyl (C=O) groups is 1. The predicted octanol–water partition coefficient (Wildman–Crippen LogP) is 1.19. The van der Waals surface area contributed by atoms with Gasteiger partial charge in [0.1, 0.15) is 6.10 Å². The summed E-state index contributed by atoms with van der Waals surface area (Å²) in [4.78, 5) is 11.7. The molecule has 16 heavy (non-hydrogen) atoms. The minimum absolute atomic E-state index is 0.0118. The first-order valence-corrected chi connectivity index (χ1v) is 6.25.